The molecule has 0 spiro atoms. The molecule has 0 aliphatic carbocycles. The van der Waals surface area contributed by atoms with Gasteiger partial charge in [0.1, 0.15) is 9.84 Å². The van der Waals surface area contributed by atoms with Crippen molar-refractivity contribution in [3.8, 4) is 0 Å². The second kappa shape index (κ2) is 10.5. The van der Waals surface area contributed by atoms with Crippen LogP contribution >= 0.6 is 0 Å². The summed E-state index contributed by atoms with van der Waals surface area (Å²) in [5.41, 5.74) is 2.52. The van der Waals surface area contributed by atoms with Gasteiger partial charge in [-0.15, -0.1) is 0 Å². The maximum absolute atomic E-state index is 11.2. The molecule has 1 saturated heterocycles. The number of guanidine groups is 1. The van der Waals surface area contributed by atoms with Gasteiger partial charge in [0.15, 0.2) is 5.96 Å². The van der Waals surface area contributed by atoms with E-state index in [4.69, 9.17) is 0 Å². The standard InChI is InChI=1S/C19H32N4O2S/c1-3-20-19(21-11-6-14-26(2,24)25)22-15-17-7-9-18(10-8-17)16-23-12-4-5-13-23/h7-10H,3-6,11-16H2,1-2H3,(H2,20,21,22). The summed E-state index contributed by atoms with van der Waals surface area (Å²) < 4.78 is 22.3. The predicted molar refractivity (Wildman–Crippen MR) is 108 cm³/mol. The van der Waals surface area contributed by atoms with Crippen molar-refractivity contribution in [3.05, 3.63) is 35.4 Å². The van der Waals surface area contributed by atoms with Crippen molar-refractivity contribution in [2.24, 2.45) is 4.99 Å². The van der Waals surface area contributed by atoms with Gasteiger partial charge in [0, 0.05) is 25.9 Å². The minimum atomic E-state index is -2.91. The highest BCUT2D eigenvalue weighted by Crippen LogP contribution is 2.13. The first-order chi connectivity index (χ1) is 12.5. The van der Waals surface area contributed by atoms with E-state index in [0.717, 1.165) is 19.0 Å². The molecule has 0 saturated carbocycles. The highest BCUT2D eigenvalue weighted by atomic mass is 32.2. The quantitative estimate of drug-likeness (QED) is 0.388. The fraction of sp³-hybridized carbons (Fsp3) is 0.632. The lowest BCUT2D eigenvalue weighted by Gasteiger charge is -2.14. The number of nitrogens with zero attached hydrogens (tertiary/aromatic N) is 2. The Morgan fingerprint density at radius 1 is 1.12 bits per heavy atom. The van der Waals surface area contributed by atoms with Gasteiger partial charge in [-0.2, -0.15) is 0 Å². The van der Waals surface area contributed by atoms with Crippen LogP contribution in [0.1, 0.15) is 37.3 Å². The van der Waals surface area contributed by atoms with Crippen LogP contribution in [0.25, 0.3) is 0 Å². The van der Waals surface area contributed by atoms with E-state index in [1.807, 2.05) is 6.92 Å². The van der Waals surface area contributed by atoms with E-state index >= 15 is 0 Å². The van der Waals surface area contributed by atoms with Crippen molar-refractivity contribution in [1.29, 1.82) is 0 Å². The monoisotopic (exact) mass is 380 g/mol. The van der Waals surface area contributed by atoms with Crippen molar-refractivity contribution in [2.45, 2.75) is 39.3 Å². The van der Waals surface area contributed by atoms with Crippen LogP contribution in [0.4, 0.5) is 0 Å². The third kappa shape index (κ3) is 8.19. The predicted octanol–water partition coefficient (Wildman–Crippen LogP) is 1.77. The third-order valence-corrected chi connectivity index (χ3v) is 5.41. The number of hydrogen-bond donors (Lipinski definition) is 2. The summed E-state index contributed by atoms with van der Waals surface area (Å²) in [7, 11) is -2.91. The Kier molecular flexibility index (Phi) is 8.38. The summed E-state index contributed by atoms with van der Waals surface area (Å²) in [6, 6.07) is 8.66. The van der Waals surface area contributed by atoms with Gasteiger partial charge < -0.3 is 10.6 Å². The SMILES string of the molecule is CCNC(=NCc1ccc(CN2CCCC2)cc1)NCCCS(C)(=O)=O. The number of likely N-dealkylation sites (tertiary alicyclic amines) is 1. The van der Waals surface area contributed by atoms with Crippen LogP contribution in [0.15, 0.2) is 29.3 Å². The smallest absolute Gasteiger partial charge is 0.191 e. The Balaban J connectivity index is 1.81. The second-order valence-corrected chi connectivity index (χ2v) is 9.16. The largest absolute Gasteiger partial charge is 0.357 e. The Morgan fingerprint density at radius 2 is 1.77 bits per heavy atom. The lowest BCUT2D eigenvalue weighted by Crippen LogP contribution is -2.38. The molecule has 1 fully saturated rings. The molecule has 1 aromatic rings. The number of benzene rings is 1. The fourth-order valence-corrected chi connectivity index (χ4v) is 3.67. The first kappa shape index (κ1) is 20.7. The summed E-state index contributed by atoms with van der Waals surface area (Å²) in [6.45, 7) is 7.44. The van der Waals surface area contributed by atoms with Gasteiger partial charge in [-0.3, -0.25) is 4.90 Å². The molecular formula is C19H32N4O2S. The second-order valence-electron chi connectivity index (χ2n) is 6.91. The molecule has 0 aromatic heterocycles. The van der Waals surface area contributed by atoms with E-state index in [2.05, 4.69) is 44.8 Å². The van der Waals surface area contributed by atoms with E-state index in [1.165, 1.54) is 43.3 Å². The van der Waals surface area contributed by atoms with Crippen LogP contribution in [0.3, 0.4) is 0 Å². The van der Waals surface area contributed by atoms with Gasteiger partial charge >= 0.3 is 0 Å². The van der Waals surface area contributed by atoms with Crippen molar-refractivity contribution in [2.75, 3.05) is 38.2 Å². The molecule has 0 atom stereocenters. The lowest BCUT2D eigenvalue weighted by atomic mass is 10.1. The maximum atomic E-state index is 11.2. The fourth-order valence-electron chi connectivity index (χ4n) is 3.00. The summed E-state index contributed by atoms with van der Waals surface area (Å²) in [6.07, 6.45) is 4.47. The van der Waals surface area contributed by atoms with E-state index < -0.39 is 9.84 Å². The third-order valence-electron chi connectivity index (χ3n) is 4.38. The van der Waals surface area contributed by atoms with Gasteiger partial charge in [-0.05, 0) is 50.4 Å². The number of rotatable bonds is 9. The van der Waals surface area contributed by atoms with Gasteiger partial charge in [0.05, 0.1) is 12.3 Å². The molecule has 0 radical (unpaired) electrons. The summed E-state index contributed by atoms with van der Waals surface area (Å²) >= 11 is 0. The topological polar surface area (TPSA) is 73.8 Å². The zero-order chi connectivity index (χ0) is 18.8. The summed E-state index contributed by atoms with van der Waals surface area (Å²) in [4.78, 5) is 7.08. The summed E-state index contributed by atoms with van der Waals surface area (Å²) in [5.74, 6) is 0.917. The molecule has 2 N–H and O–H groups in total. The van der Waals surface area contributed by atoms with E-state index in [0.29, 0.717) is 19.5 Å². The van der Waals surface area contributed by atoms with Crippen LogP contribution in [0.5, 0.6) is 0 Å². The Morgan fingerprint density at radius 3 is 2.38 bits per heavy atom. The number of sulfone groups is 1. The first-order valence-corrected chi connectivity index (χ1v) is 11.5. The van der Waals surface area contributed by atoms with Gasteiger partial charge in [-0.25, -0.2) is 13.4 Å². The molecule has 2 rings (SSSR count). The van der Waals surface area contributed by atoms with Crippen molar-refractivity contribution >= 4 is 15.8 Å². The number of aliphatic imine (C=N–C) groups is 1. The van der Waals surface area contributed by atoms with Gasteiger partial charge in [-0.1, -0.05) is 24.3 Å². The normalized spacial score (nSPS) is 16.0. The highest BCUT2D eigenvalue weighted by Gasteiger charge is 2.11. The van der Waals surface area contributed by atoms with Crippen molar-refractivity contribution in [3.63, 3.8) is 0 Å². The van der Waals surface area contributed by atoms with Crippen LogP contribution in [0.2, 0.25) is 0 Å². The zero-order valence-corrected chi connectivity index (χ0v) is 16.8. The number of nitrogens with one attached hydrogen (secondary N) is 2. The highest BCUT2D eigenvalue weighted by molar-refractivity contribution is 7.90. The van der Waals surface area contributed by atoms with Crippen molar-refractivity contribution in [1.82, 2.24) is 15.5 Å². The van der Waals surface area contributed by atoms with Crippen LogP contribution in [0, 0.1) is 0 Å². The van der Waals surface area contributed by atoms with Gasteiger partial charge in [0.25, 0.3) is 0 Å². The van der Waals surface area contributed by atoms with Crippen molar-refractivity contribution < 1.29 is 8.42 Å². The molecular weight excluding hydrogens is 348 g/mol. The minimum absolute atomic E-state index is 0.192. The van der Waals surface area contributed by atoms with E-state index in [9.17, 15) is 8.42 Å². The molecule has 26 heavy (non-hydrogen) atoms. The molecule has 1 aliphatic rings. The Hall–Kier alpha value is -1.60. The number of hydrogen-bond acceptors (Lipinski definition) is 4. The Labute approximate surface area is 158 Å². The van der Waals surface area contributed by atoms with Crippen LogP contribution in [-0.4, -0.2) is 57.5 Å². The lowest BCUT2D eigenvalue weighted by molar-refractivity contribution is 0.331. The molecule has 1 aromatic carbocycles. The zero-order valence-electron chi connectivity index (χ0n) is 16.0. The molecule has 0 bridgehead atoms. The molecule has 146 valence electrons. The summed E-state index contributed by atoms with van der Waals surface area (Å²) in [5, 5.41) is 6.38. The van der Waals surface area contributed by atoms with Crippen LogP contribution < -0.4 is 10.6 Å². The molecule has 1 heterocycles. The molecule has 6 nitrogen and oxygen atoms in total. The molecule has 0 unspecified atom stereocenters. The molecule has 0 amide bonds. The first-order valence-electron chi connectivity index (χ1n) is 9.46. The van der Waals surface area contributed by atoms with Crippen LogP contribution in [-0.2, 0) is 22.9 Å². The molecule has 7 heteroatoms. The Bertz CT molecular complexity index is 665. The minimum Gasteiger partial charge on any atom is -0.357 e. The molecule has 1 aliphatic heterocycles. The maximum Gasteiger partial charge on any atom is 0.191 e. The average Bonchev–Trinajstić information content (AvgIpc) is 3.10. The van der Waals surface area contributed by atoms with E-state index in [1.54, 1.807) is 0 Å². The van der Waals surface area contributed by atoms with Gasteiger partial charge in [0.2, 0.25) is 0 Å². The van der Waals surface area contributed by atoms with E-state index in [-0.39, 0.29) is 5.75 Å². The average molecular weight is 381 g/mol.